The SMILES string of the molecule is C=C(CC(C)(C)C)OC.CC(=O)OCC(C)(COC(C)=O)C(C)=O. The molecule has 0 amide bonds. The molecule has 0 radical (unpaired) electrons. The molecule has 0 fully saturated rings. The molecule has 0 aliphatic carbocycles. The number of allylic oxidation sites excluding steroid dienone is 1. The molecule has 6 nitrogen and oxygen atoms in total. The molecule has 0 rings (SSSR count). The van der Waals surface area contributed by atoms with Crippen molar-refractivity contribution < 1.29 is 28.6 Å². The van der Waals surface area contributed by atoms with Gasteiger partial charge in [-0.05, 0) is 19.3 Å². The molecule has 0 aliphatic rings. The van der Waals surface area contributed by atoms with Crippen molar-refractivity contribution in [1.29, 1.82) is 0 Å². The summed E-state index contributed by atoms with van der Waals surface area (Å²) < 4.78 is 14.4. The van der Waals surface area contributed by atoms with Crippen LogP contribution in [0.4, 0.5) is 0 Å². The van der Waals surface area contributed by atoms with E-state index in [9.17, 15) is 14.4 Å². The summed E-state index contributed by atoms with van der Waals surface area (Å²) in [6, 6.07) is 0. The number of carbonyl (C=O) groups is 3. The number of hydrogen-bond acceptors (Lipinski definition) is 6. The van der Waals surface area contributed by atoms with E-state index in [1.54, 1.807) is 14.0 Å². The van der Waals surface area contributed by atoms with Crippen LogP contribution < -0.4 is 0 Å². The molecular weight excluding hydrogens is 312 g/mol. The van der Waals surface area contributed by atoms with E-state index >= 15 is 0 Å². The highest BCUT2D eigenvalue weighted by molar-refractivity contribution is 5.83. The Bertz CT molecular complexity index is 427. The van der Waals surface area contributed by atoms with E-state index in [0.717, 1.165) is 12.2 Å². The lowest BCUT2D eigenvalue weighted by molar-refractivity contribution is -0.154. The Labute approximate surface area is 145 Å². The standard InChI is InChI=1S/C10H16O5.C8H16O/c1-7(11)10(4,5-14-8(2)12)6-15-9(3)13;1-7(9-5)6-8(2,3)4/h5-6H2,1-4H3;1,6H2,2-5H3. The Morgan fingerprint density at radius 3 is 1.42 bits per heavy atom. The number of ketones is 1. The van der Waals surface area contributed by atoms with E-state index < -0.39 is 17.4 Å². The first kappa shape index (κ1) is 24.4. The predicted octanol–water partition coefficient (Wildman–Crippen LogP) is 3.29. The van der Waals surface area contributed by atoms with Crippen LogP contribution in [0, 0.1) is 10.8 Å². The van der Waals surface area contributed by atoms with Gasteiger partial charge in [0.2, 0.25) is 0 Å². The summed E-state index contributed by atoms with van der Waals surface area (Å²) in [7, 11) is 1.66. The van der Waals surface area contributed by atoms with Gasteiger partial charge in [0.25, 0.3) is 0 Å². The number of rotatable bonds is 7. The fourth-order valence-corrected chi connectivity index (χ4v) is 1.43. The lowest BCUT2D eigenvalue weighted by Crippen LogP contribution is -2.37. The van der Waals surface area contributed by atoms with Crippen LogP contribution in [-0.4, -0.2) is 38.0 Å². The monoisotopic (exact) mass is 344 g/mol. The minimum atomic E-state index is -0.961. The van der Waals surface area contributed by atoms with Gasteiger partial charge in [0.05, 0.1) is 18.3 Å². The molecule has 0 atom stereocenters. The molecule has 0 aromatic heterocycles. The molecule has 0 aromatic carbocycles. The van der Waals surface area contributed by atoms with Crippen LogP contribution in [0.15, 0.2) is 12.3 Å². The molecule has 0 heterocycles. The molecule has 0 aliphatic heterocycles. The van der Waals surface area contributed by atoms with E-state index in [4.69, 9.17) is 14.2 Å². The highest BCUT2D eigenvalue weighted by atomic mass is 16.5. The quantitative estimate of drug-likeness (QED) is 0.521. The first-order chi connectivity index (χ1) is 10.7. The minimum absolute atomic E-state index is 0.0784. The second kappa shape index (κ2) is 10.8. The third-order valence-electron chi connectivity index (χ3n) is 3.05. The number of ether oxygens (including phenoxy) is 3. The molecular formula is C18H32O6. The van der Waals surface area contributed by atoms with Crippen LogP contribution in [0.25, 0.3) is 0 Å². The second-order valence-electron chi connectivity index (χ2n) is 7.16. The molecule has 0 bridgehead atoms. The van der Waals surface area contributed by atoms with E-state index in [1.807, 2.05) is 0 Å². The van der Waals surface area contributed by atoms with Crippen molar-refractivity contribution in [1.82, 2.24) is 0 Å². The van der Waals surface area contributed by atoms with Crippen LogP contribution in [0.1, 0.15) is 54.9 Å². The smallest absolute Gasteiger partial charge is 0.302 e. The molecule has 0 saturated carbocycles. The van der Waals surface area contributed by atoms with Crippen LogP contribution in [0.3, 0.4) is 0 Å². The van der Waals surface area contributed by atoms with Crippen molar-refractivity contribution in [3.8, 4) is 0 Å². The summed E-state index contributed by atoms with van der Waals surface area (Å²) in [5.74, 6) is -0.261. The maximum atomic E-state index is 11.3. The maximum absolute atomic E-state index is 11.3. The normalized spacial score (nSPS) is 10.8. The van der Waals surface area contributed by atoms with Crippen molar-refractivity contribution in [2.45, 2.75) is 54.9 Å². The van der Waals surface area contributed by atoms with Crippen molar-refractivity contribution in [3.05, 3.63) is 12.3 Å². The lowest BCUT2D eigenvalue weighted by Gasteiger charge is -2.24. The molecule has 0 aromatic rings. The van der Waals surface area contributed by atoms with Gasteiger partial charge >= 0.3 is 11.9 Å². The fraction of sp³-hybridized carbons (Fsp3) is 0.722. The van der Waals surface area contributed by atoms with E-state index in [0.29, 0.717) is 5.41 Å². The van der Waals surface area contributed by atoms with Crippen molar-refractivity contribution in [2.24, 2.45) is 10.8 Å². The predicted molar refractivity (Wildman–Crippen MR) is 92.3 cm³/mol. The van der Waals surface area contributed by atoms with Crippen LogP contribution >= 0.6 is 0 Å². The van der Waals surface area contributed by atoms with Gasteiger partial charge in [-0.3, -0.25) is 14.4 Å². The Balaban J connectivity index is 0. The molecule has 0 N–H and O–H groups in total. The third kappa shape index (κ3) is 13.8. The van der Waals surface area contributed by atoms with Gasteiger partial charge in [0.15, 0.2) is 0 Å². The van der Waals surface area contributed by atoms with Crippen molar-refractivity contribution in [3.63, 3.8) is 0 Å². The summed E-state index contributed by atoms with van der Waals surface area (Å²) in [5, 5.41) is 0. The minimum Gasteiger partial charge on any atom is -0.502 e. The maximum Gasteiger partial charge on any atom is 0.302 e. The molecule has 140 valence electrons. The van der Waals surface area contributed by atoms with Crippen molar-refractivity contribution in [2.75, 3.05) is 20.3 Å². The topological polar surface area (TPSA) is 78.9 Å². The van der Waals surface area contributed by atoms with Gasteiger partial charge in [-0.2, -0.15) is 0 Å². The summed E-state index contributed by atoms with van der Waals surface area (Å²) in [4.78, 5) is 32.5. The van der Waals surface area contributed by atoms with Gasteiger partial charge < -0.3 is 14.2 Å². The van der Waals surface area contributed by atoms with Gasteiger partial charge in [0.1, 0.15) is 19.0 Å². The van der Waals surface area contributed by atoms with Crippen LogP contribution in [0.2, 0.25) is 0 Å². The Hall–Kier alpha value is -1.85. The van der Waals surface area contributed by atoms with Crippen molar-refractivity contribution >= 4 is 17.7 Å². The van der Waals surface area contributed by atoms with E-state index in [2.05, 4.69) is 27.4 Å². The number of Topliss-reactive ketones (excluding diaryl/α,β-unsaturated/α-hetero) is 1. The Morgan fingerprint density at radius 1 is 0.875 bits per heavy atom. The number of esters is 2. The molecule has 24 heavy (non-hydrogen) atoms. The highest BCUT2D eigenvalue weighted by Crippen LogP contribution is 2.22. The first-order valence-electron chi connectivity index (χ1n) is 7.73. The highest BCUT2D eigenvalue weighted by Gasteiger charge is 2.32. The van der Waals surface area contributed by atoms with Gasteiger partial charge in [-0.15, -0.1) is 0 Å². The van der Waals surface area contributed by atoms with Gasteiger partial charge in [-0.1, -0.05) is 27.4 Å². The zero-order chi connectivity index (χ0) is 19.6. The average Bonchev–Trinajstić information content (AvgIpc) is 2.41. The first-order valence-corrected chi connectivity index (χ1v) is 7.73. The van der Waals surface area contributed by atoms with E-state index in [1.165, 1.54) is 20.8 Å². The second-order valence-corrected chi connectivity index (χ2v) is 7.16. The number of hydrogen-bond donors (Lipinski definition) is 0. The number of carbonyl (C=O) groups excluding carboxylic acids is 3. The Kier molecular flexibility index (Phi) is 11.0. The Morgan fingerprint density at radius 2 is 1.25 bits per heavy atom. The average molecular weight is 344 g/mol. The summed E-state index contributed by atoms with van der Waals surface area (Å²) >= 11 is 0. The largest absolute Gasteiger partial charge is 0.502 e. The molecule has 6 heteroatoms. The number of methoxy groups -OCH3 is 1. The molecule has 0 saturated heterocycles. The van der Waals surface area contributed by atoms with Crippen LogP contribution in [-0.2, 0) is 28.6 Å². The van der Waals surface area contributed by atoms with Gasteiger partial charge in [0, 0.05) is 20.3 Å². The van der Waals surface area contributed by atoms with Crippen LogP contribution in [0.5, 0.6) is 0 Å². The fourth-order valence-electron chi connectivity index (χ4n) is 1.43. The van der Waals surface area contributed by atoms with E-state index in [-0.39, 0.29) is 19.0 Å². The summed E-state index contributed by atoms with van der Waals surface area (Å²) in [6.45, 7) is 15.5. The third-order valence-corrected chi connectivity index (χ3v) is 3.05. The molecule has 0 unspecified atom stereocenters. The summed E-state index contributed by atoms with van der Waals surface area (Å²) in [5.41, 5.74) is -0.662. The zero-order valence-electron chi connectivity index (χ0n) is 16.3. The summed E-state index contributed by atoms with van der Waals surface area (Å²) in [6.07, 6.45) is 0.934. The molecule has 0 spiro atoms. The van der Waals surface area contributed by atoms with Gasteiger partial charge in [-0.25, -0.2) is 0 Å². The lowest BCUT2D eigenvalue weighted by atomic mass is 9.88. The zero-order valence-corrected chi connectivity index (χ0v) is 16.3.